The summed E-state index contributed by atoms with van der Waals surface area (Å²) in [7, 11) is 0. The number of halogens is 12. The molecular formula is C18H12Cl12. The summed E-state index contributed by atoms with van der Waals surface area (Å²) >= 11 is 80.6. The molecule has 5 rings (SSSR count). The molecule has 8 atom stereocenters. The zero-order valence-corrected chi connectivity index (χ0v) is 23.7. The standard InChI is InChI=1S/C18H12Cl12/c19-9-10(20)16(26)8(4-13(9,23)17(16,27)28)5-1-2-6-7(3-5)15(25)12(22)11(21)14(6,24)18(15,29)30/h5-8H,1-4H2/t5-,6+,7+,8+,13+,14-,15-,16+/m1/s1. The van der Waals surface area contributed by atoms with Crippen molar-refractivity contribution in [2.75, 3.05) is 0 Å². The van der Waals surface area contributed by atoms with E-state index < -0.39 is 28.2 Å². The average Bonchev–Trinajstić information content (AvgIpc) is 3.03. The van der Waals surface area contributed by atoms with Crippen LogP contribution in [0.1, 0.15) is 25.7 Å². The van der Waals surface area contributed by atoms with Gasteiger partial charge in [-0.25, -0.2) is 0 Å². The van der Waals surface area contributed by atoms with Gasteiger partial charge in [-0.05, 0) is 49.4 Å². The first kappa shape index (κ1) is 24.6. The van der Waals surface area contributed by atoms with Gasteiger partial charge < -0.3 is 0 Å². The van der Waals surface area contributed by atoms with Gasteiger partial charge in [-0.1, -0.05) is 92.8 Å². The van der Waals surface area contributed by atoms with E-state index in [1.807, 2.05) is 0 Å². The Balaban J connectivity index is 1.55. The van der Waals surface area contributed by atoms with Crippen LogP contribution in [0.5, 0.6) is 0 Å². The van der Waals surface area contributed by atoms with E-state index in [-0.39, 0.29) is 43.8 Å². The minimum Gasteiger partial charge on any atom is -0.110 e. The minimum atomic E-state index is -1.57. The maximum Gasteiger partial charge on any atom is 0.166 e. The molecule has 12 heteroatoms. The van der Waals surface area contributed by atoms with Crippen LogP contribution in [0.2, 0.25) is 0 Å². The van der Waals surface area contributed by atoms with Gasteiger partial charge in [0, 0.05) is 0 Å². The Hall–Kier alpha value is 2.96. The van der Waals surface area contributed by atoms with Gasteiger partial charge in [0.25, 0.3) is 0 Å². The van der Waals surface area contributed by atoms with Gasteiger partial charge in [0.15, 0.2) is 8.67 Å². The Morgan fingerprint density at radius 1 is 0.533 bits per heavy atom. The molecule has 0 unspecified atom stereocenters. The topological polar surface area (TPSA) is 0 Å². The summed E-state index contributed by atoms with van der Waals surface area (Å²) in [4.78, 5) is -5.15. The molecule has 0 saturated heterocycles. The molecule has 4 bridgehead atoms. The lowest BCUT2D eigenvalue weighted by molar-refractivity contribution is 0.126. The second kappa shape index (κ2) is 6.83. The Kier molecular flexibility index (Phi) is 5.61. The van der Waals surface area contributed by atoms with Crippen molar-refractivity contribution >= 4 is 139 Å². The smallest absolute Gasteiger partial charge is 0.110 e. The highest BCUT2D eigenvalue weighted by Gasteiger charge is 2.84. The molecule has 0 nitrogen and oxygen atoms in total. The normalized spacial score (nSPS) is 55.6. The van der Waals surface area contributed by atoms with E-state index in [0.717, 1.165) is 6.42 Å². The van der Waals surface area contributed by atoms with Gasteiger partial charge in [-0.2, -0.15) is 0 Å². The largest absolute Gasteiger partial charge is 0.166 e. The molecule has 3 fully saturated rings. The second-order valence-corrected chi connectivity index (χ2v) is 15.5. The van der Waals surface area contributed by atoms with E-state index in [1.165, 1.54) is 0 Å². The van der Waals surface area contributed by atoms with Gasteiger partial charge in [-0.15, -0.1) is 46.4 Å². The van der Waals surface area contributed by atoms with Crippen LogP contribution >= 0.6 is 139 Å². The molecule has 0 amide bonds. The highest BCUT2D eigenvalue weighted by Crippen LogP contribution is 2.80. The molecule has 0 heterocycles. The number of allylic oxidation sites excluding steroid dienone is 4. The fourth-order valence-electron chi connectivity index (χ4n) is 6.58. The molecule has 0 aromatic rings. The van der Waals surface area contributed by atoms with Crippen LogP contribution in [0.4, 0.5) is 0 Å². The number of rotatable bonds is 1. The fourth-order valence-corrected chi connectivity index (χ4v) is 12.6. The predicted molar refractivity (Wildman–Crippen MR) is 133 cm³/mol. The summed E-state index contributed by atoms with van der Waals surface area (Å²) in [6, 6.07) is 0. The lowest BCUT2D eigenvalue weighted by Gasteiger charge is -2.47. The third-order valence-corrected chi connectivity index (χ3v) is 16.7. The molecule has 0 spiro atoms. The van der Waals surface area contributed by atoms with Crippen molar-refractivity contribution in [1.29, 1.82) is 0 Å². The molecule has 168 valence electrons. The van der Waals surface area contributed by atoms with Crippen molar-refractivity contribution in [3.05, 3.63) is 20.1 Å². The van der Waals surface area contributed by atoms with Crippen LogP contribution in [-0.2, 0) is 0 Å². The summed E-state index contributed by atoms with van der Waals surface area (Å²) in [6.07, 6.45) is 2.37. The van der Waals surface area contributed by atoms with Crippen molar-refractivity contribution in [3.8, 4) is 0 Å². The number of alkyl halides is 8. The van der Waals surface area contributed by atoms with Gasteiger partial charge in [0.2, 0.25) is 0 Å². The minimum absolute atomic E-state index is 0.0161. The maximum absolute atomic E-state index is 7.03. The van der Waals surface area contributed by atoms with Crippen LogP contribution < -0.4 is 0 Å². The Morgan fingerprint density at radius 3 is 1.50 bits per heavy atom. The Labute approximate surface area is 234 Å². The summed E-state index contributed by atoms with van der Waals surface area (Å²) in [5, 5.41) is 0.802. The predicted octanol–water partition coefficient (Wildman–Crippen LogP) is 9.72. The van der Waals surface area contributed by atoms with Crippen LogP contribution in [0.3, 0.4) is 0 Å². The van der Waals surface area contributed by atoms with Crippen molar-refractivity contribution in [3.63, 3.8) is 0 Å². The molecule has 5 aliphatic carbocycles. The van der Waals surface area contributed by atoms with E-state index >= 15 is 0 Å². The highest BCUT2D eigenvalue weighted by atomic mass is 35.5. The highest BCUT2D eigenvalue weighted by molar-refractivity contribution is 6.66. The molecule has 5 aliphatic rings. The van der Waals surface area contributed by atoms with Crippen molar-refractivity contribution < 1.29 is 0 Å². The molecule has 0 N–H and O–H groups in total. The third-order valence-electron chi connectivity index (χ3n) is 8.05. The zero-order valence-electron chi connectivity index (χ0n) is 14.7. The van der Waals surface area contributed by atoms with E-state index in [1.54, 1.807) is 0 Å². The monoisotopic (exact) mass is 648 g/mol. The molecule has 3 saturated carbocycles. The van der Waals surface area contributed by atoms with Crippen molar-refractivity contribution in [1.82, 2.24) is 0 Å². The van der Waals surface area contributed by atoms with Crippen molar-refractivity contribution in [2.45, 2.75) is 53.8 Å². The molecule has 0 aliphatic heterocycles. The Morgan fingerprint density at radius 2 is 1.00 bits per heavy atom. The van der Waals surface area contributed by atoms with Crippen LogP contribution in [0.15, 0.2) is 20.1 Å². The van der Waals surface area contributed by atoms with Gasteiger partial charge in [0.1, 0.15) is 19.5 Å². The van der Waals surface area contributed by atoms with Gasteiger partial charge in [0.05, 0.1) is 20.1 Å². The molecule has 0 aromatic carbocycles. The molecule has 0 aromatic heterocycles. The number of fused-ring (bicyclic) bond motifs is 7. The zero-order chi connectivity index (χ0) is 22.4. The van der Waals surface area contributed by atoms with Crippen LogP contribution in [0.25, 0.3) is 0 Å². The first-order valence-corrected chi connectivity index (χ1v) is 13.7. The average molecular weight is 654 g/mol. The van der Waals surface area contributed by atoms with E-state index in [0.29, 0.717) is 19.3 Å². The van der Waals surface area contributed by atoms with Crippen LogP contribution in [-0.4, -0.2) is 28.2 Å². The van der Waals surface area contributed by atoms with Gasteiger partial charge >= 0.3 is 0 Å². The molecule has 30 heavy (non-hydrogen) atoms. The van der Waals surface area contributed by atoms with E-state index in [4.69, 9.17) is 139 Å². The fraction of sp³-hybridized carbons (Fsp3) is 0.778. The SMILES string of the molecule is ClC1=C(Cl)[C@@]2(Cl)C[C@@H]([C@@H]3CC[C@H]4[C@H](C3)[C@@]3(Cl)C(Cl)=C(Cl)[C@@]4(Cl)C3(Cl)Cl)[C@@]1(Cl)C2(Cl)Cl. The maximum atomic E-state index is 7.03. The first-order valence-electron chi connectivity index (χ1n) is 9.20. The Bertz CT molecular complexity index is 922. The summed E-state index contributed by atoms with van der Waals surface area (Å²) in [6.45, 7) is 0. The summed E-state index contributed by atoms with van der Waals surface area (Å²) in [5.41, 5.74) is 0. The molecule has 0 radical (unpaired) electrons. The second-order valence-electron chi connectivity index (χ2n) is 8.94. The quantitative estimate of drug-likeness (QED) is 0.247. The lowest BCUT2D eigenvalue weighted by atomic mass is 9.64. The summed E-state index contributed by atoms with van der Waals surface area (Å²) < 4.78 is -3.13. The van der Waals surface area contributed by atoms with E-state index in [9.17, 15) is 0 Å². The summed E-state index contributed by atoms with van der Waals surface area (Å²) in [5.74, 6) is -0.614. The van der Waals surface area contributed by atoms with E-state index in [2.05, 4.69) is 0 Å². The van der Waals surface area contributed by atoms with Gasteiger partial charge in [-0.3, -0.25) is 0 Å². The van der Waals surface area contributed by atoms with Crippen LogP contribution in [0, 0.1) is 23.7 Å². The lowest BCUT2D eigenvalue weighted by Crippen LogP contribution is -2.48. The van der Waals surface area contributed by atoms with Crippen molar-refractivity contribution in [2.24, 2.45) is 23.7 Å². The first-order chi connectivity index (χ1) is 13.6. The molecular weight excluding hydrogens is 642 g/mol. The number of hydrogen-bond donors (Lipinski definition) is 0. The third kappa shape index (κ3) is 2.26. The number of hydrogen-bond acceptors (Lipinski definition) is 0.